The average Bonchev–Trinajstić information content (AvgIpc) is 3.31. The van der Waals surface area contributed by atoms with Crippen LogP contribution in [0.4, 0.5) is 10.8 Å². The first-order chi connectivity index (χ1) is 14.6. The summed E-state index contributed by atoms with van der Waals surface area (Å²) >= 11 is 1.82. The Bertz CT molecular complexity index is 990. The maximum atomic E-state index is 4.75. The monoisotopic (exact) mass is 422 g/mol. The van der Waals surface area contributed by atoms with Crippen molar-refractivity contribution >= 4 is 39.0 Å². The lowest BCUT2D eigenvalue weighted by Gasteiger charge is -2.33. The number of rotatable bonds is 5. The molecule has 2 N–H and O–H groups in total. The molecule has 4 rings (SSSR count). The van der Waals surface area contributed by atoms with Gasteiger partial charge in [0.15, 0.2) is 5.96 Å². The van der Waals surface area contributed by atoms with Crippen LogP contribution in [0.5, 0.6) is 0 Å². The maximum absolute atomic E-state index is 4.75. The van der Waals surface area contributed by atoms with E-state index in [1.165, 1.54) is 16.0 Å². The minimum Gasteiger partial charge on any atom is -0.363 e. The van der Waals surface area contributed by atoms with Gasteiger partial charge in [-0.3, -0.25) is 4.99 Å². The Balaban J connectivity index is 1.38. The fourth-order valence-corrected chi connectivity index (χ4v) is 4.65. The van der Waals surface area contributed by atoms with Crippen LogP contribution in [0, 0.1) is 0 Å². The second-order valence-electron chi connectivity index (χ2n) is 7.83. The number of nitrogens with one attached hydrogen (secondary N) is 2. The normalized spacial score (nSPS) is 15.4. The van der Waals surface area contributed by atoms with E-state index in [1.54, 1.807) is 0 Å². The van der Waals surface area contributed by atoms with Gasteiger partial charge >= 0.3 is 0 Å². The molecule has 0 amide bonds. The fraction of sp³-hybridized carbons (Fsp3) is 0.391. The van der Waals surface area contributed by atoms with Crippen molar-refractivity contribution in [3.8, 4) is 0 Å². The Labute approximate surface area is 182 Å². The molecule has 7 heteroatoms. The molecule has 3 aromatic rings. The van der Waals surface area contributed by atoms with Crippen LogP contribution in [0.15, 0.2) is 52.8 Å². The van der Waals surface area contributed by atoms with Crippen molar-refractivity contribution < 1.29 is 0 Å². The summed E-state index contributed by atoms with van der Waals surface area (Å²) in [6, 6.07) is 15.2. The van der Waals surface area contributed by atoms with Crippen molar-refractivity contribution in [3.05, 3.63) is 53.4 Å². The number of hydrogen-bond donors (Lipinski definition) is 2. The molecule has 1 aromatic carbocycles. The highest BCUT2D eigenvalue weighted by atomic mass is 32.1. The van der Waals surface area contributed by atoms with E-state index in [2.05, 4.69) is 62.3 Å². The molecule has 0 spiro atoms. The second kappa shape index (κ2) is 9.34. The average molecular weight is 423 g/mol. The molecule has 0 radical (unpaired) electrons. The molecule has 6 nitrogen and oxygen atoms in total. The van der Waals surface area contributed by atoms with Crippen molar-refractivity contribution in [2.24, 2.45) is 4.99 Å². The number of benzene rings is 1. The first-order valence-electron chi connectivity index (χ1n) is 10.5. The molecule has 3 heterocycles. The number of pyridine rings is 1. The van der Waals surface area contributed by atoms with Crippen LogP contribution >= 0.6 is 11.3 Å². The van der Waals surface area contributed by atoms with E-state index < -0.39 is 0 Å². The van der Waals surface area contributed by atoms with Crippen LogP contribution in [-0.2, 0) is 6.54 Å². The summed E-state index contributed by atoms with van der Waals surface area (Å²) in [5.74, 6) is 1.83. The topological polar surface area (TPSA) is 55.8 Å². The predicted molar refractivity (Wildman–Crippen MR) is 129 cm³/mol. The van der Waals surface area contributed by atoms with Crippen LogP contribution in [0.1, 0.15) is 18.4 Å². The molecular formula is C23H30N6S. The third-order valence-corrected chi connectivity index (χ3v) is 6.50. The Morgan fingerprint density at radius 2 is 2.00 bits per heavy atom. The van der Waals surface area contributed by atoms with E-state index in [-0.39, 0.29) is 0 Å². The molecule has 158 valence electrons. The number of fused-ring (bicyclic) bond motifs is 1. The van der Waals surface area contributed by atoms with E-state index in [1.807, 2.05) is 43.4 Å². The zero-order chi connectivity index (χ0) is 20.9. The fourth-order valence-electron chi connectivity index (χ4n) is 3.87. The molecular weight excluding hydrogens is 392 g/mol. The highest BCUT2D eigenvalue weighted by Crippen LogP contribution is 2.25. The Hall–Kier alpha value is -2.80. The van der Waals surface area contributed by atoms with Crippen LogP contribution in [0.3, 0.4) is 0 Å². The lowest BCUT2D eigenvalue weighted by atomic mass is 10.1. The Morgan fingerprint density at radius 3 is 2.70 bits per heavy atom. The van der Waals surface area contributed by atoms with Gasteiger partial charge in [0.1, 0.15) is 5.82 Å². The van der Waals surface area contributed by atoms with Gasteiger partial charge in [-0.25, -0.2) is 4.98 Å². The van der Waals surface area contributed by atoms with Crippen LogP contribution < -0.4 is 20.4 Å². The van der Waals surface area contributed by atoms with Crippen molar-refractivity contribution in [2.75, 3.05) is 44.0 Å². The highest BCUT2D eigenvalue weighted by Gasteiger charge is 2.20. The molecule has 0 bridgehead atoms. The quantitative estimate of drug-likeness (QED) is 0.485. The number of anilines is 2. The number of guanidine groups is 1. The van der Waals surface area contributed by atoms with Crippen molar-refractivity contribution in [3.63, 3.8) is 0 Å². The van der Waals surface area contributed by atoms with E-state index >= 15 is 0 Å². The molecule has 1 fully saturated rings. The van der Waals surface area contributed by atoms with Crippen molar-refractivity contribution in [1.29, 1.82) is 0 Å². The van der Waals surface area contributed by atoms with Crippen LogP contribution in [0.25, 0.3) is 10.9 Å². The van der Waals surface area contributed by atoms with Gasteiger partial charge in [0.05, 0.1) is 10.5 Å². The predicted octanol–water partition coefficient (Wildman–Crippen LogP) is 3.70. The second-order valence-corrected chi connectivity index (χ2v) is 8.76. The number of para-hydroxylation sites is 1. The van der Waals surface area contributed by atoms with Crippen LogP contribution in [0.2, 0.25) is 0 Å². The zero-order valence-electron chi connectivity index (χ0n) is 17.9. The third-order valence-electron chi connectivity index (χ3n) is 5.57. The third kappa shape index (κ3) is 4.67. The summed E-state index contributed by atoms with van der Waals surface area (Å²) in [5.41, 5.74) is 2.24. The SMILES string of the molecule is CN=C(NCc1cc(N(C)C)nc2ccccc12)NC1CCN(c2cccs2)CC1. The number of aliphatic imine (C=N–C) groups is 1. The van der Waals surface area contributed by atoms with Gasteiger partial charge in [-0.1, -0.05) is 18.2 Å². The summed E-state index contributed by atoms with van der Waals surface area (Å²) in [4.78, 5) is 13.7. The molecule has 0 unspecified atom stereocenters. The number of hydrogen-bond acceptors (Lipinski definition) is 5. The largest absolute Gasteiger partial charge is 0.363 e. The van der Waals surface area contributed by atoms with Gasteiger partial charge in [-0.15, -0.1) is 11.3 Å². The standard InChI is InChI=1S/C23H30N6S/c1-24-23(26-18-10-12-29(13-11-18)22-9-6-14-30-22)25-16-17-15-21(28(2)3)27-20-8-5-4-7-19(17)20/h4-9,14-15,18H,10-13,16H2,1-3H3,(H2,24,25,26). The number of nitrogens with zero attached hydrogens (tertiary/aromatic N) is 4. The molecule has 1 aliphatic rings. The Morgan fingerprint density at radius 1 is 1.20 bits per heavy atom. The maximum Gasteiger partial charge on any atom is 0.191 e. The summed E-state index contributed by atoms with van der Waals surface area (Å²) in [7, 11) is 5.89. The van der Waals surface area contributed by atoms with Gasteiger partial charge in [0, 0.05) is 52.2 Å². The summed E-state index contributed by atoms with van der Waals surface area (Å²) in [5, 5.41) is 11.8. The lowest BCUT2D eigenvalue weighted by Crippen LogP contribution is -2.48. The summed E-state index contributed by atoms with van der Waals surface area (Å²) < 4.78 is 0. The molecule has 0 atom stereocenters. The first-order valence-corrected chi connectivity index (χ1v) is 11.3. The lowest BCUT2D eigenvalue weighted by molar-refractivity contribution is 0.463. The molecule has 2 aromatic heterocycles. The number of thiophene rings is 1. The van der Waals surface area contributed by atoms with E-state index in [0.29, 0.717) is 12.6 Å². The Kier molecular flexibility index (Phi) is 6.38. The van der Waals surface area contributed by atoms with Gasteiger partial charge in [-0.05, 0) is 48.1 Å². The summed E-state index contributed by atoms with van der Waals surface area (Å²) in [6.45, 7) is 2.87. The highest BCUT2D eigenvalue weighted by molar-refractivity contribution is 7.14. The van der Waals surface area contributed by atoms with Gasteiger partial charge in [-0.2, -0.15) is 0 Å². The summed E-state index contributed by atoms with van der Waals surface area (Å²) in [6.07, 6.45) is 2.23. The molecule has 1 saturated heterocycles. The molecule has 1 aliphatic heterocycles. The van der Waals surface area contributed by atoms with Crippen LogP contribution in [-0.4, -0.2) is 51.2 Å². The minimum atomic E-state index is 0.443. The van der Waals surface area contributed by atoms with E-state index in [9.17, 15) is 0 Å². The van der Waals surface area contributed by atoms with E-state index in [4.69, 9.17) is 4.98 Å². The van der Waals surface area contributed by atoms with Gasteiger partial charge in [0.25, 0.3) is 0 Å². The van der Waals surface area contributed by atoms with E-state index in [0.717, 1.165) is 43.2 Å². The van der Waals surface area contributed by atoms with Gasteiger partial charge in [0.2, 0.25) is 0 Å². The first kappa shape index (κ1) is 20.5. The smallest absolute Gasteiger partial charge is 0.191 e. The number of piperidine rings is 1. The van der Waals surface area contributed by atoms with Crippen molar-refractivity contribution in [1.82, 2.24) is 15.6 Å². The molecule has 0 saturated carbocycles. The molecule has 0 aliphatic carbocycles. The van der Waals surface area contributed by atoms with Crippen molar-refractivity contribution in [2.45, 2.75) is 25.4 Å². The minimum absolute atomic E-state index is 0.443. The zero-order valence-corrected chi connectivity index (χ0v) is 18.7. The number of aromatic nitrogens is 1. The molecule has 30 heavy (non-hydrogen) atoms. The van der Waals surface area contributed by atoms with Gasteiger partial charge < -0.3 is 20.4 Å².